The van der Waals surface area contributed by atoms with Crippen molar-refractivity contribution in [2.75, 3.05) is 11.9 Å². The van der Waals surface area contributed by atoms with Crippen LogP contribution in [-0.4, -0.2) is 31.4 Å². The Hall–Kier alpha value is -2.55. The summed E-state index contributed by atoms with van der Waals surface area (Å²) in [6, 6.07) is 3.54. The van der Waals surface area contributed by atoms with Gasteiger partial charge in [0.1, 0.15) is 5.69 Å². The van der Waals surface area contributed by atoms with Gasteiger partial charge in [-0.3, -0.25) is 14.8 Å². The third-order valence-electron chi connectivity index (χ3n) is 2.79. The molecular formula is C11H10N6O2S. The average Bonchev–Trinajstić information content (AvgIpc) is 3.07. The van der Waals surface area contributed by atoms with Crippen LogP contribution >= 0.6 is 11.3 Å². The number of nitrogens with one attached hydrogen (secondary N) is 1. The van der Waals surface area contributed by atoms with Crippen molar-refractivity contribution < 1.29 is 4.92 Å². The van der Waals surface area contributed by atoms with Crippen LogP contribution in [-0.2, 0) is 6.54 Å². The molecule has 0 radical (unpaired) electrons. The average molecular weight is 290 g/mol. The number of nitro groups is 1. The summed E-state index contributed by atoms with van der Waals surface area (Å²) in [5.74, 6) is 0. The Balaban J connectivity index is 1.83. The third kappa shape index (κ3) is 2.30. The number of rotatable bonds is 5. The lowest BCUT2D eigenvalue weighted by Gasteiger charge is -2.07. The molecule has 3 aromatic rings. The van der Waals surface area contributed by atoms with Gasteiger partial charge in [0.05, 0.1) is 27.9 Å². The molecule has 9 heteroatoms. The Labute approximate surface area is 117 Å². The first-order chi connectivity index (χ1) is 9.75. The van der Waals surface area contributed by atoms with E-state index in [1.807, 2.05) is 6.07 Å². The minimum Gasteiger partial charge on any atom is -0.378 e. The molecule has 0 saturated carbocycles. The zero-order valence-corrected chi connectivity index (χ0v) is 11.1. The molecule has 0 aliphatic rings. The molecule has 0 aliphatic carbocycles. The van der Waals surface area contributed by atoms with Crippen LogP contribution in [0, 0.1) is 10.1 Å². The van der Waals surface area contributed by atoms with Gasteiger partial charge in [-0.25, -0.2) is 4.98 Å². The molecule has 0 atom stereocenters. The molecule has 2 heterocycles. The fourth-order valence-corrected chi connectivity index (χ4v) is 2.58. The first-order valence-corrected chi connectivity index (χ1v) is 6.72. The Bertz CT molecular complexity index is 739. The van der Waals surface area contributed by atoms with Crippen LogP contribution < -0.4 is 5.32 Å². The summed E-state index contributed by atoms with van der Waals surface area (Å²) < 4.78 is 2.46. The number of nitro benzene ring substituents is 1. The monoisotopic (exact) mass is 290 g/mol. The summed E-state index contributed by atoms with van der Waals surface area (Å²) in [4.78, 5) is 14.9. The smallest absolute Gasteiger partial charge is 0.319 e. The van der Waals surface area contributed by atoms with E-state index in [0.29, 0.717) is 24.3 Å². The maximum absolute atomic E-state index is 11.2. The molecule has 0 bridgehead atoms. The van der Waals surface area contributed by atoms with Crippen molar-refractivity contribution in [3.05, 3.63) is 40.2 Å². The number of fused-ring (bicyclic) bond motifs is 1. The molecule has 8 nitrogen and oxygen atoms in total. The van der Waals surface area contributed by atoms with Crippen molar-refractivity contribution in [3.63, 3.8) is 0 Å². The van der Waals surface area contributed by atoms with Crippen LogP contribution in [0.3, 0.4) is 0 Å². The first-order valence-electron chi connectivity index (χ1n) is 5.84. The number of thiazole rings is 1. The Kier molecular flexibility index (Phi) is 3.25. The van der Waals surface area contributed by atoms with Crippen molar-refractivity contribution in [2.24, 2.45) is 0 Å². The van der Waals surface area contributed by atoms with Crippen molar-refractivity contribution in [3.8, 4) is 0 Å². The van der Waals surface area contributed by atoms with Gasteiger partial charge in [-0.2, -0.15) is 0 Å². The zero-order valence-electron chi connectivity index (χ0n) is 10.3. The van der Waals surface area contributed by atoms with E-state index in [0.717, 1.165) is 4.70 Å². The summed E-state index contributed by atoms with van der Waals surface area (Å²) in [5.41, 5.74) is 2.51. The summed E-state index contributed by atoms with van der Waals surface area (Å²) in [7, 11) is 0. The van der Waals surface area contributed by atoms with E-state index in [2.05, 4.69) is 20.6 Å². The molecule has 0 amide bonds. The van der Waals surface area contributed by atoms with Crippen molar-refractivity contribution in [1.82, 2.24) is 20.0 Å². The second-order valence-corrected chi connectivity index (χ2v) is 4.90. The van der Waals surface area contributed by atoms with Gasteiger partial charge in [0, 0.05) is 12.7 Å². The maximum Gasteiger partial charge on any atom is 0.319 e. The fourth-order valence-electron chi connectivity index (χ4n) is 1.90. The second-order valence-electron chi connectivity index (χ2n) is 4.01. The lowest BCUT2D eigenvalue weighted by Crippen LogP contribution is -2.12. The lowest BCUT2D eigenvalue weighted by molar-refractivity contribution is -0.382. The predicted molar refractivity (Wildman–Crippen MR) is 74.8 cm³/mol. The van der Waals surface area contributed by atoms with Crippen molar-refractivity contribution >= 4 is 32.9 Å². The number of nitrogens with zero attached hydrogens (tertiary/aromatic N) is 5. The maximum atomic E-state index is 11.2. The van der Waals surface area contributed by atoms with Crippen molar-refractivity contribution in [1.29, 1.82) is 0 Å². The van der Waals surface area contributed by atoms with Crippen molar-refractivity contribution in [2.45, 2.75) is 6.54 Å². The van der Waals surface area contributed by atoms with Crippen LogP contribution in [0.2, 0.25) is 0 Å². The fraction of sp³-hybridized carbons (Fsp3) is 0.182. The van der Waals surface area contributed by atoms with Gasteiger partial charge >= 0.3 is 5.69 Å². The minimum atomic E-state index is -0.403. The van der Waals surface area contributed by atoms with E-state index in [1.54, 1.807) is 28.7 Å². The highest BCUT2D eigenvalue weighted by atomic mass is 32.1. The van der Waals surface area contributed by atoms with Gasteiger partial charge in [0.25, 0.3) is 0 Å². The molecule has 1 N–H and O–H groups in total. The largest absolute Gasteiger partial charge is 0.378 e. The molecule has 0 unspecified atom stereocenters. The van der Waals surface area contributed by atoms with E-state index in [4.69, 9.17) is 0 Å². The van der Waals surface area contributed by atoms with Gasteiger partial charge in [-0.15, -0.1) is 16.4 Å². The van der Waals surface area contributed by atoms with E-state index < -0.39 is 4.92 Å². The molecule has 1 aromatic carbocycles. The summed E-state index contributed by atoms with van der Waals surface area (Å²) in [6.07, 6.45) is 3.32. The minimum absolute atomic E-state index is 0.0161. The Morgan fingerprint density at radius 1 is 1.45 bits per heavy atom. The molecule has 2 aromatic heterocycles. The lowest BCUT2D eigenvalue weighted by atomic mass is 10.2. The first kappa shape index (κ1) is 12.5. The van der Waals surface area contributed by atoms with E-state index >= 15 is 0 Å². The highest BCUT2D eigenvalue weighted by Crippen LogP contribution is 2.34. The molecule has 0 saturated heterocycles. The number of aromatic nitrogens is 4. The molecule has 102 valence electrons. The highest BCUT2D eigenvalue weighted by molar-refractivity contribution is 7.16. The zero-order chi connectivity index (χ0) is 13.9. The van der Waals surface area contributed by atoms with E-state index in [9.17, 15) is 10.1 Å². The molecule has 0 spiro atoms. The topological polar surface area (TPSA) is 98.8 Å². The number of anilines is 1. The van der Waals surface area contributed by atoms with E-state index in [1.165, 1.54) is 11.3 Å². The number of hydrogen-bond acceptors (Lipinski definition) is 7. The second kappa shape index (κ2) is 5.21. The van der Waals surface area contributed by atoms with Crippen LogP contribution in [0.1, 0.15) is 0 Å². The van der Waals surface area contributed by atoms with Gasteiger partial charge in [0.2, 0.25) is 0 Å². The quantitative estimate of drug-likeness (QED) is 0.569. The van der Waals surface area contributed by atoms with Gasteiger partial charge < -0.3 is 5.32 Å². The Morgan fingerprint density at radius 3 is 3.10 bits per heavy atom. The van der Waals surface area contributed by atoms with Crippen LogP contribution in [0.25, 0.3) is 10.2 Å². The molecule has 20 heavy (non-hydrogen) atoms. The Morgan fingerprint density at radius 2 is 2.35 bits per heavy atom. The normalized spacial score (nSPS) is 10.8. The number of benzene rings is 1. The van der Waals surface area contributed by atoms with E-state index in [-0.39, 0.29) is 5.69 Å². The molecule has 0 fully saturated rings. The summed E-state index contributed by atoms with van der Waals surface area (Å²) in [5, 5.41) is 21.8. The standard InChI is InChI=1S/C11H10N6O2S/c18-17(19)11-8(1-2-9-10(11)13-7-20-9)12-3-5-16-6-4-14-15-16/h1-2,4,6-7,12H,3,5H2. The van der Waals surface area contributed by atoms with Crippen LogP contribution in [0.5, 0.6) is 0 Å². The van der Waals surface area contributed by atoms with Gasteiger partial charge in [-0.05, 0) is 12.1 Å². The molecule has 0 aliphatic heterocycles. The SMILES string of the molecule is O=[N+]([O-])c1c(NCCn2ccnn2)ccc2scnc12. The van der Waals surface area contributed by atoms with Gasteiger partial charge in [0.15, 0.2) is 5.52 Å². The summed E-state index contributed by atoms with van der Waals surface area (Å²) >= 11 is 1.38. The number of hydrogen-bond donors (Lipinski definition) is 1. The van der Waals surface area contributed by atoms with Crippen LogP contribution in [0.4, 0.5) is 11.4 Å². The molecule has 3 rings (SSSR count). The predicted octanol–water partition coefficient (Wildman–Crippen LogP) is 1.91. The highest BCUT2D eigenvalue weighted by Gasteiger charge is 2.20. The third-order valence-corrected chi connectivity index (χ3v) is 3.58. The molecular weight excluding hydrogens is 280 g/mol. The van der Waals surface area contributed by atoms with Crippen LogP contribution in [0.15, 0.2) is 30.0 Å². The summed E-state index contributed by atoms with van der Waals surface area (Å²) in [6.45, 7) is 1.09. The van der Waals surface area contributed by atoms with Gasteiger partial charge in [-0.1, -0.05) is 5.21 Å².